The first-order valence-electron chi connectivity index (χ1n) is 9.32. The molecule has 0 unspecified atom stereocenters. The summed E-state index contributed by atoms with van der Waals surface area (Å²) < 4.78 is 0. The molecule has 0 atom stereocenters. The molecule has 0 saturated carbocycles. The number of aliphatic imine (C=N–C) groups is 1. The van der Waals surface area contributed by atoms with Gasteiger partial charge in [0.25, 0.3) is 11.8 Å². The second-order valence-electron chi connectivity index (χ2n) is 7.12. The average molecular weight is 377 g/mol. The van der Waals surface area contributed by atoms with Gasteiger partial charge < -0.3 is 9.80 Å². The average Bonchev–Trinajstić information content (AvgIpc) is 2.88. The molecule has 7 heteroatoms. The number of carbonyl (C=O) groups is 2. The number of amidine groups is 1. The number of rotatable bonds is 2. The molecule has 4 rings (SSSR count). The molecular weight excluding hydrogens is 354 g/mol. The number of hydrogen-bond acceptors (Lipinski definition) is 5. The van der Waals surface area contributed by atoms with E-state index >= 15 is 0 Å². The highest BCUT2D eigenvalue weighted by molar-refractivity contribution is 6.39. The number of hydrogen-bond donors (Lipinski definition) is 1. The lowest BCUT2D eigenvalue weighted by Gasteiger charge is -2.30. The van der Waals surface area contributed by atoms with Crippen molar-refractivity contribution in [3.8, 4) is 0 Å². The lowest BCUT2D eigenvalue weighted by Crippen LogP contribution is -2.56. The Bertz CT molecular complexity index is 938. The van der Waals surface area contributed by atoms with E-state index in [0.29, 0.717) is 18.8 Å². The van der Waals surface area contributed by atoms with Gasteiger partial charge in [-0.05, 0) is 30.7 Å². The minimum atomic E-state index is -0.199. The van der Waals surface area contributed by atoms with Crippen LogP contribution in [0.5, 0.6) is 0 Å². The van der Waals surface area contributed by atoms with Crippen LogP contribution in [0.25, 0.3) is 0 Å². The number of benzene rings is 2. The predicted octanol–water partition coefficient (Wildman–Crippen LogP) is 1.72. The van der Waals surface area contributed by atoms with Crippen LogP contribution >= 0.6 is 0 Å². The lowest BCUT2D eigenvalue weighted by molar-refractivity contribution is -0.124. The molecule has 2 aromatic rings. The summed E-state index contributed by atoms with van der Waals surface area (Å²) in [6.45, 7) is 3.77. The standard InChI is InChI=1S/C21H23N5O2/c1-15-7-9-17(10-8-15)26-19(27)13-22-20(23-26)21(28)25-12-11-24(2)18-6-4-3-5-16(18)14-25/h3-10H,11-14H2,1-2H3,(H,22,23). The molecule has 0 saturated heterocycles. The van der Waals surface area contributed by atoms with Crippen molar-refractivity contribution >= 4 is 29.0 Å². The van der Waals surface area contributed by atoms with Crippen molar-refractivity contribution in [2.24, 2.45) is 4.99 Å². The van der Waals surface area contributed by atoms with E-state index in [1.165, 1.54) is 5.01 Å². The van der Waals surface area contributed by atoms with Gasteiger partial charge >= 0.3 is 0 Å². The third-order valence-corrected chi connectivity index (χ3v) is 5.09. The third kappa shape index (κ3) is 3.43. The number of amides is 2. The number of carbonyl (C=O) groups excluding carboxylic acids is 2. The van der Waals surface area contributed by atoms with Crippen LogP contribution in [0.2, 0.25) is 0 Å². The van der Waals surface area contributed by atoms with Gasteiger partial charge in [-0.2, -0.15) is 0 Å². The molecule has 1 N–H and O–H groups in total. The predicted molar refractivity (Wildman–Crippen MR) is 109 cm³/mol. The van der Waals surface area contributed by atoms with Crippen molar-refractivity contribution in [2.75, 3.05) is 36.6 Å². The summed E-state index contributed by atoms with van der Waals surface area (Å²) in [7, 11) is 2.03. The zero-order chi connectivity index (χ0) is 19.7. The maximum absolute atomic E-state index is 13.1. The summed E-state index contributed by atoms with van der Waals surface area (Å²) in [6.07, 6.45) is 0. The summed E-state index contributed by atoms with van der Waals surface area (Å²) in [5.74, 6) is -0.196. The molecule has 0 fully saturated rings. The topological polar surface area (TPSA) is 68.2 Å². The quantitative estimate of drug-likeness (QED) is 0.865. The van der Waals surface area contributed by atoms with Gasteiger partial charge in [0, 0.05) is 32.4 Å². The minimum absolute atomic E-state index is 0.0493. The van der Waals surface area contributed by atoms with Crippen LogP contribution in [0.4, 0.5) is 11.4 Å². The molecule has 2 aliphatic heterocycles. The zero-order valence-electron chi connectivity index (χ0n) is 16.1. The van der Waals surface area contributed by atoms with E-state index in [2.05, 4.69) is 21.4 Å². The minimum Gasteiger partial charge on any atom is -0.373 e. The fourth-order valence-electron chi connectivity index (χ4n) is 3.45. The van der Waals surface area contributed by atoms with E-state index in [-0.39, 0.29) is 24.2 Å². The number of fused-ring (bicyclic) bond motifs is 1. The van der Waals surface area contributed by atoms with Crippen molar-refractivity contribution in [2.45, 2.75) is 13.5 Å². The van der Waals surface area contributed by atoms with E-state index in [1.54, 1.807) is 4.90 Å². The molecule has 0 radical (unpaired) electrons. The second-order valence-corrected chi connectivity index (χ2v) is 7.12. The highest BCUT2D eigenvalue weighted by Crippen LogP contribution is 2.24. The number of aryl methyl sites for hydroxylation is 1. The number of likely N-dealkylation sites (N-methyl/N-ethyl adjacent to an activating group) is 1. The molecule has 28 heavy (non-hydrogen) atoms. The van der Waals surface area contributed by atoms with Gasteiger partial charge in [-0.15, -0.1) is 0 Å². The van der Waals surface area contributed by atoms with Crippen LogP contribution in [0.1, 0.15) is 11.1 Å². The largest absolute Gasteiger partial charge is 0.373 e. The fraction of sp³-hybridized carbons (Fsp3) is 0.286. The maximum atomic E-state index is 13.1. The van der Waals surface area contributed by atoms with Gasteiger partial charge in [-0.1, -0.05) is 35.9 Å². The third-order valence-electron chi connectivity index (χ3n) is 5.09. The van der Waals surface area contributed by atoms with Crippen LogP contribution in [-0.4, -0.2) is 49.2 Å². The molecule has 2 aromatic carbocycles. The number of nitrogens with one attached hydrogen (secondary N) is 1. The van der Waals surface area contributed by atoms with E-state index in [1.807, 2.05) is 56.4 Å². The molecule has 7 nitrogen and oxygen atoms in total. The molecule has 0 aliphatic carbocycles. The molecule has 0 aromatic heterocycles. The van der Waals surface area contributed by atoms with Crippen molar-refractivity contribution < 1.29 is 9.59 Å². The maximum Gasteiger partial charge on any atom is 0.291 e. The number of para-hydroxylation sites is 1. The Morgan fingerprint density at radius 2 is 1.82 bits per heavy atom. The summed E-state index contributed by atoms with van der Waals surface area (Å²) >= 11 is 0. The second kappa shape index (κ2) is 7.34. The Kier molecular flexibility index (Phi) is 4.73. The van der Waals surface area contributed by atoms with Crippen LogP contribution in [0.15, 0.2) is 53.5 Å². The SMILES string of the molecule is Cc1ccc(N2NC(C(=O)N3CCN(C)c4ccccc4C3)=NCC2=O)cc1. The molecule has 144 valence electrons. The first kappa shape index (κ1) is 18.0. The number of anilines is 2. The van der Waals surface area contributed by atoms with Gasteiger partial charge in [-0.25, -0.2) is 5.01 Å². The zero-order valence-corrected chi connectivity index (χ0v) is 16.1. The van der Waals surface area contributed by atoms with Crippen LogP contribution in [0.3, 0.4) is 0 Å². The molecule has 0 spiro atoms. The Morgan fingerprint density at radius 1 is 1.07 bits per heavy atom. The van der Waals surface area contributed by atoms with Crippen LogP contribution in [0, 0.1) is 6.92 Å². The fourth-order valence-corrected chi connectivity index (χ4v) is 3.45. The normalized spacial score (nSPS) is 16.9. The highest BCUT2D eigenvalue weighted by Gasteiger charge is 2.30. The summed E-state index contributed by atoms with van der Waals surface area (Å²) in [6, 6.07) is 15.7. The molecular formula is C21H23N5O2. The Labute approximate surface area is 164 Å². The van der Waals surface area contributed by atoms with Crippen molar-refractivity contribution in [3.05, 3.63) is 59.7 Å². The first-order valence-corrected chi connectivity index (χ1v) is 9.32. The van der Waals surface area contributed by atoms with Crippen molar-refractivity contribution in [3.63, 3.8) is 0 Å². The lowest BCUT2D eigenvalue weighted by atomic mass is 10.1. The highest BCUT2D eigenvalue weighted by atomic mass is 16.2. The summed E-state index contributed by atoms with van der Waals surface area (Å²) in [5.41, 5.74) is 6.94. The van der Waals surface area contributed by atoms with Gasteiger partial charge in [0.1, 0.15) is 6.54 Å². The van der Waals surface area contributed by atoms with Gasteiger partial charge in [0.05, 0.1) is 5.69 Å². The number of nitrogens with zero attached hydrogens (tertiary/aromatic N) is 4. The van der Waals surface area contributed by atoms with Crippen LogP contribution < -0.4 is 15.3 Å². The van der Waals surface area contributed by atoms with Crippen molar-refractivity contribution in [1.29, 1.82) is 0 Å². The molecule has 2 amide bonds. The van der Waals surface area contributed by atoms with Gasteiger partial charge in [0.2, 0.25) is 5.84 Å². The molecule has 0 bridgehead atoms. The van der Waals surface area contributed by atoms with Crippen molar-refractivity contribution in [1.82, 2.24) is 10.3 Å². The van der Waals surface area contributed by atoms with E-state index in [4.69, 9.17) is 0 Å². The Hall–Kier alpha value is -3.35. The first-order chi connectivity index (χ1) is 13.5. The van der Waals surface area contributed by atoms with E-state index < -0.39 is 0 Å². The monoisotopic (exact) mass is 377 g/mol. The Morgan fingerprint density at radius 3 is 2.61 bits per heavy atom. The summed E-state index contributed by atoms with van der Waals surface area (Å²) in [5, 5.41) is 1.40. The molecule has 2 aliphatic rings. The smallest absolute Gasteiger partial charge is 0.291 e. The van der Waals surface area contributed by atoms with Crippen LogP contribution in [-0.2, 0) is 16.1 Å². The number of hydrazine groups is 1. The van der Waals surface area contributed by atoms with E-state index in [9.17, 15) is 9.59 Å². The Balaban J connectivity index is 1.55. The van der Waals surface area contributed by atoms with Gasteiger partial charge in [-0.3, -0.25) is 20.0 Å². The van der Waals surface area contributed by atoms with Gasteiger partial charge in [0.15, 0.2) is 0 Å². The molecule has 2 heterocycles. The van der Waals surface area contributed by atoms with E-state index in [0.717, 1.165) is 23.4 Å². The summed E-state index contributed by atoms with van der Waals surface area (Å²) in [4.78, 5) is 33.6.